The van der Waals surface area contributed by atoms with Crippen LogP contribution in [0.15, 0.2) is 22.7 Å². The zero-order valence-electron chi connectivity index (χ0n) is 10.7. The van der Waals surface area contributed by atoms with Gasteiger partial charge >= 0.3 is 0 Å². The number of nitrogens with one attached hydrogen (secondary N) is 1. The lowest BCUT2D eigenvalue weighted by Crippen LogP contribution is -2.37. The Bertz CT molecular complexity index is 372. The van der Waals surface area contributed by atoms with Gasteiger partial charge in [0, 0.05) is 23.8 Å². The third kappa shape index (κ3) is 3.46. The second-order valence-electron chi connectivity index (χ2n) is 5.02. The molecule has 1 aliphatic heterocycles. The van der Waals surface area contributed by atoms with E-state index < -0.39 is 0 Å². The summed E-state index contributed by atoms with van der Waals surface area (Å²) in [5.74, 6) is 0.784. The summed E-state index contributed by atoms with van der Waals surface area (Å²) in [6.45, 7) is 5.68. The molecule has 0 aromatic heterocycles. The molecule has 1 N–H and O–H groups in total. The van der Waals surface area contributed by atoms with E-state index in [1.165, 1.54) is 30.6 Å². The molecule has 1 aromatic rings. The van der Waals surface area contributed by atoms with E-state index in [1.54, 1.807) is 0 Å². The fraction of sp³-hybridized carbons (Fsp3) is 0.571. The number of anilines is 1. The lowest BCUT2D eigenvalue weighted by Gasteiger charge is -2.29. The van der Waals surface area contributed by atoms with Gasteiger partial charge in [-0.2, -0.15) is 0 Å². The summed E-state index contributed by atoms with van der Waals surface area (Å²) in [7, 11) is 2.20. The summed E-state index contributed by atoms with van der Waals surface area (Å²) in [6.07, 6.45) is 2.67. The highest BCUT2D eigenvalue weighted by Crippen LogP contribution is 2.25. The van der Waals surface area contributed by atoms with E-state index in [2.05, 4.69) is 58.3 Å². The number of aryl methyl sites for hydroxylation is 1. The summed E-state index contributed by atoms with van der Waals surface area (Å²) in [5, 5.41) is 3.48. The predicted molar refractivity (Wildman–Crippen MR) is 77.7 cm³/mol. The second-order valence-corrected chi connectivity index (χ2v) is 5.94. The number of hydrogen-bond acceptors (Lipinski definition) is 2. The molecule has 0 amide bonds. The van der Waals surface area contributed by atoms with Crippen molar-refractivity contribution in [1.82, 2.24) is 5.32 Å². The van der Waals surface area contributed by atoms with E-state index in [9.17, 15) is 0 Å². The first kappa shape index (κ1) is 12.9. The molecule has 17 heavy (non-hydrogen) atoms. The van der Waals surface area contributed by atoms with Crippen LogP contribution in [0.2, 0.25) is 0 Å². The van der Waals surface area contributed by atoms with Crippen molar-refractivity contribution in [3.05, 3.63) is 28.2 Å². The Morgan fingerprint density at radius 2 is 2.29 bits per heavy atom. The number of rotatable bonds is 3. The Hall–Kier alpha value is -0.540. The molecule has 0 saturated carbocycles. The van der Waals surface area contributed by atoms with Crippen LogP contribution >= 0.6 is 15.9 Å². The first-order valence-electron chi connectivity index (χ1n) is 6.35. The standard InChI is InChI=1S/C14H21BrN2/c1-11-5-6-13(15)8-14(11)17(2)10-12-4-3-7-16-9-12/h5-6,8,12,16H,3-4,7,9-10H2,1-2H3. The van der Waals surface area contributed by atoms with E-state index in [-0.39, 0.29) is 0 Å². The van der Waals surface area contributed by atoms with Crippen molar-refractivity contribution in [2.45, 2.75) is 19.8 Å². The number of halogens is 1. The Kier molecular flexibility index (Phi) is 4.46. The molecule has 1 heterocycles. The van der Waals surface area contributed by atoms with Gasteiger partial charge < -0.3 is 10.2 Å². The highest BCUT2D eigenvalue weighted by Gasteiger charge is 2.16. The highest BCUT2D eigenvalue weighted by molar-refractivity contribution is 9.10. The van der Waals surface area contributed by atoms with Crippen LogP contribution in [0.4, 0.5) is 5.69 Å². The summed E-state index contributed by atoms with van der Waals surface area (Å²) in [5.41, 5.74) is 2.68. The summed E-state index contributed by atoms with van der Waals surface area (Å²) < 4.78 is 1.16. The molecule has 1 aliphatic rings. The van der Waals surface area contributed by atoms with Crippen molar-refractivity contribution < 1.29 is 0 Å². The van der Waals surface area contributed by atoms with E-state index in [0.29, 0.717) is 0 Å². The van der Waals surface area contributed by atoms with E-state index in [1.807, 2.05) is 0 Å². The zero-order chi connectivity index (χ0) is 12.3. The Labute approximate surface area is 113 Å². The van der Waals surface area contributed by atoms with Gasteiger partial charge in [-0.1, -0.05) is 22.0 Å². The first-order valence-corrected chi connectivity index (χ1v) is 7.14. The number of hydrogen-bond donors (Lipinski definition) is 1. The van der Waals surface area contributed by atoms with Gasteiger partial charge in [0.2, 0.25) is 0 Å². The molecule has 2 rings (SSSR count). The van der Waals surface area contributed by atoms with Gasteiger partial charge in [-0.25, -0.2) is 0 Å². The van der Waals surface area contributed by atoms with E-state index in [4.69, 9.17) is 0 Å². The lowest BCUT2D eigenvalue weighted by atomic mass is 9.99. The monoisotopic (exact) mass is 296 g/mol. The molecule has 1 fully saturated rings. The molecule has 0 radical (unpaired) electrons. The van der Waals surface area contributed by atoms with Crippen LogP contribution in [-0.4, -0.2) is 26.7 Å². The molecule has 1 unspecified atom stereocenters. The maximum Gasteiger partial charge on any atom is 0.0404 e. The van der Waals surface area contributed by atoms with Crippen LogP contribution in [0.3, 0.4) is 0 Å². The summed E-state index contributed by atoms with van der Waals surface area (Å²) in [6, 6.07) is 6.50. The van der Waals surface area contributed by atoms with Crippen molar-refractivity contribution in [3.63, 3.8) is 0 Å². The lowest BCUT2D eigenvalue weighted by molar-refractivity contribution is 0.381. The number of nitrogens with zero attached hydrogens (tertiary/aromatic N) is 1. The molecular formula is C14H21BrN2. The van der Waals surface area contributed by atoms with Crippen molar-refractivity contribution in [1.29, 1.82) is 0 Å². The van der Waals surface area contributed by atoms with Crippen molar-refractivity contribution in [2.24, 2.45) is 5.92 Å². The van der Waals surface area contributed by atoms with Crippen LogP contribution in [0, 0.1) is 12.8 Å². The maximum absolute atomic E-state index is 3.55. The fourth-order valence-electron chi connectivity index (χ4n) is 2.56. The quantitative estimate of drug-likeness (QED) is 0.921. The fourth-order valence-corrected chi connectivity index (χ4v) is 2.91. The molecule has 2 nitrogen and oxygen atoms in total. The van der Waals surface area contributed by atoms with Gasteiger partial charge in [0.05, 0.1) is 0 Å². The van der Waals surface area contributed by atoms with E-state index in [0.717, 1.165) is 23.5 Å². The minimum absolute atomic E-state index is 0.784. The van der Waals surface area contributed by atoms with Gasteiger partial charge in [-0.15, -0.1) is 0 Å². The molecule has 1 aromatic carbocycles. The molecule has 1 saturated heterocycles. The third-order valence-corrected chi connectivity index (χ3v) is 4.01. The molecule has 0 spiro atoms. The van der Waals surface area contributed by atoms with Crippen molar-refractivity contribution in [3.8, 4) is 0 Å². The third-order valence-electron chi connectivity index (χ3n) is 3.51. The smallest absolute Gasteiger partial charge is 0.0404 e. The molecule has 3 heteroatoms. The summed E-state index contributed by atoms with van der Waals surface area (Å²) >= 11 is 3.55. The van der Waals surface area contributed by atoms with Gasteiger partial charge in [0.15, 0.2) is 0 Å². The summed E-state index contributed by atoms with van der Waals surface area (Å²) in [4.78, 5) is 2.39. The number of piperidine rings is 1. The van der Waals surface area contributed by atoms with Gasteiger partial charge in [0.25, 0.3) is 0 Å². The van der Waals surface area contributed by atoms with E-state index >= 15 is 0 Å². The molecule has 1 atom stereocenters. The average Bonchev–Trinajstić information content (AvgIpc) is 2.33. The molecule has 0 aliphatic carbocycles. The normalized spacial score (nSPS) is 20.3. The highest BCUT2D eigenvalue weighted by atomic mass is 79.9. The zero-order valence-corrected chi connectivity index (χ0v) is 12.3. The van der Waals surface area contributed by atoms with Crippen LogP contribution in [0.5, 0.6) is 0 Å². The molecular weight excluding hydrogens is 276 g/mol. The van der Waals surface area contributed by atoms with Crippen LogP contribution in [0.1, 0.15) is 18.4 Å². The van der Waals surface area contributed by atoms with Crippen LogP contribution in [0.25, 0.3) is 0 Å². The van der Waals surface area contributed by atoms with Gasteiger partial charge in [-0.05, 0) is 56.5 Å². The van der Waals surface area contributed by atoms with Crippen molar-refractivity contribution in [2.75, 3.05) is 31.6 Å². The molecule has 94 valence electrons. The van der Waals surface area contributed by atoms with Gasteiger partial charge in [0.1, 0.15) is 0 Å². The van der Waals surface area contributed by atoms with Gasteiger partial charge in [-0.3, -0.25) is 0 Å². The number of benzene rings is 1. The topological polar surface area (TPSA) is 15.3 Å². The Morgan fingerprint density at radius 3 is 3.00 bits per heavy atom. The second kappa shape index (κ2) is 5.87. The maximum atomic E-state index is 3.55. The molecule has 0 bridgehead atoms. The predicted octanol–water partition coefficient (Wildman–Crippen LogP) is 3.19. The largest absolute Gasteiger partial charge is 0.374 e. The SMILES string of the molecule is Cc1ccc(Br)cc1N(C)CC1CCCNC1. The van der Waals surface area contributed by atoms with Crippen molar-refractivity contribution >= 4 is 21.6 Å². The Balaban J connectivity index is 2.02. The van der Waals surface area contributed by atoms with Crippen LogP contribution < -0.4 is 10.2 Å². The minimum atomic E-state index is 0.784. The average molecular weight is 297 g/mol. The Morgan fingerprint density at radius 1 is 1.47 bits per heavy atom. The van der Waals surface area contributed by atoms with Crippen LogP contribution in [-0.2, 0) is 0 Å². The first-order chi connectivity index (χ1) is 8.16. The minimum Gasteiger partial charge on any atom is -0.374 e.